The van der Waals surface area contributed by atoms with E-state index in [1.807, 2.05) is 0 Å². The van der Waals surface area contributed by atoms with Crippen LogP contribution >= 0.6 is 0 Å². The van der Waals surface area contributed by atoms with E-state index in [-0.39, 0.29) is 19.0 Å². The van der Waals surface area contributed by atoms with Crippen LogP contribution in [-0.2, 0) is 16.1 Å². The van der Waals surface area contributed by atoms with Crippen molar-refractivity contribution >= 4 is 12.9 Å². The summed E-state index contributed by atoms with van der Waals surface area (Å²) in [4.78, 5) is 21.8. The number of benzene rings is 1. The number of hydrogen-bond acceptors (Lipinski definition) is 6. The van der Waals surface area contributed by atoms with Crippen molar-refractivity contribution in [2.24, 2.45) is 11.8 Å². The zero-order valence-corrected chi connectivity index (χ0v) is 18.1. The highest BCUT2D eigenvalue weighted by molar-refractivity contribution is 5.33. The van der Waals surface area contributed by atoms with Gasteiger partial charge in [-0.3, -0.25) is 19.4 Å². The first-order valence-electron chi connectivity index (χ1n) is 11.1. The van der Waals surface area contributed by atoms with Gasteiger partial charge >= 0.3 is 0 Å². The minimum Gasteiger partial charge on any atom is -0.492 e. The normalized spacial score (nSPS) is 25.4. The summed E-state index contributed by atoms with van der Waals surface area (Å²) in [5, 5.41) is 23.6. The molecule has 3 atom stereocenters. The van der Waals surface area contributed by atoms with Gasteiger partial charge in [-0.1, -0.05) is 18.6 Å². The summed E-state index contributed by atoms with van der Waals surface area (Å²) >= 11 is 0. The molecule has 3 N–H and O–H groups in total. The first kappa shape index (κ1) is 25.1. The van der Waals surface area contributed by atoms with Gasteiger partial charge in [-0.25, -0.2) is 0 Å². The number of likely N-dealkylation sites (tertiary alicyclic amines) is 2. The van der Waals surface area contributed by atoms with Crippen molar-refractivity contribution in [3.05, 3.63) is 29.8 Å². The van der Waals surface area contributed by atoms with Crippen LogP contribution in [0.3, 0.4) is 0 Å². The lowest BCUT2D eigenvalue weighted by atomic mass is 10.0. The molecule has 174 valence electrons. The van der Waals surface area contributed by atoms with Crippen LogP contribution in [0.2, 0.25) is 0 Å². The first-order valence-corrected chi connectivity index (χ1v) is 11.1. The summed E-state index contributed by atoms with van der Waals surface area (Å²) in [5.41, 5.74) is 1.34. The Bertz CT molecular complexity index is 633. The van der Waals surface area contributed by atoms with Gasteiger partial charge in [0.15, 0.2) is 0 Å². The molecule has 3 aliphatic rings. The van der Waals surface area contributed by atoms with Gasteiger partial charge in [0.2, 0.25) is 0 Å². The lowest BCUT2D eigenvalue weighted by Gasteiger charge is -2.26. The van der Waals surface area contributed by atoms with E-state index in [1.54, 1.807) is 0 Å². The maximum Gasteiger partial charge on any atom is 0.290 e. The van der Waals surface area contributed by atoms with Crippen LogP contribution in [0, 0.1) is 11.8 Å². The predicted molar refractivity (Wildman–Crippen MR) is 117 cm³/mol. The van der Waals surface area contributed by atoms with Gasteiger partial charge in [-0.2, -0.15) is 0 Å². The van der Waals surface area contributed by atoms with E-state index in [2.05, 4.69) is 34.1 Å². The van der Waals surface area contributed by atoms with Crippen LogP contribution in [0.5, 0.6) is 5.75 Å². The molecule has 1 aromatic rings. The average molecular weight is 437 g/mol. The molecule has 4 rings (SSSR count). The van der Waals surface area contributed by atoms with Crippen LogP contribution in [0.15, 0.2) is 24.3 Å². The Morgan fingerprint density at radius 2 is 1.58 bits per heavy atom. The number of nitrogens with zero attached hydrogens (tertiary/aromatic N) is 2. The third-order valence-electron chi connectivity index (χ3n) is 6.23. The van der Waals surface area contributed by atoms with Gasteiger partial charge in [0, 0.05) is 26.2 Å². The highest BCUT2D eigenvalue weighted by Gasteiger charge is 2.39. The Hall–Kier alpha value is -2.16. The average Bonchev–Trinajstić information content (AvgIpc) is 3.27. The maximum absolute atomic E-state index is 9.79. The number of hydrogen-bond donors (Lipinski definition) is 3. The fraction of sp³-hybridized carbons (Fsp3) is 0.652. The van der Waals surface area contributed by atoms with E-state index < -0.39 is 0 Å². The summed E-state index contributed by atoms with van der Waals surface area (Å²) in [5.74, 6) is 2.42. The van der Waals surface area contributed by atoms with Gasteiger partial charge in [-0.15, -0.1) is 0 Å². The molecule has 1 aromatic carbocycles. The van der Waals surface area contributed by atoms with Crippen LogP contribution in [0.25, 0.3) is 0 Å². The Labute approximate surface area is 184 Å². The number of carboxylic acid groups (broad SMARTS) is 2. The standard InChI is InChI=1S/C21H32N2O2.2CH2O2/c24-20-12-18-15-23(16-19(18)13-20)14-17-5-4-6-21(11-17)25-10-9-22-7-2-1-3-8-22;2*2-1-3/h4-6,11,18-20,24H,1-3,7-10,12-16H2;2*1H,(H,2,3)/t18-,19+,20?;;. The molecule has 1 saturated carbocycles. The van der Waals surface area contributed by atoms with Gasteiger partial charge in [0.25, 0.3) is 12.9 Å². The summed E-state index contributed by atoms with van der Waals surface area (Å²) in [6.45, 7) is 7.08. The fourth-order valence-electron chi connectivity index (χ4n) is 4.96. The van der Waals surface area contributed by atoms with Crippen molar-refractivity contribution in [1.29, 1.82) is 0 Å². The van der Waals surface area contributed by atoms with E-state index in [0.29, 0.717) is 11.8 Å². The molecule has 8 nitrogen and oxygen atoms in total. The zero-order chi connectivity index (χ0) is 22.5. The van der Waals surface area contributed by atoms with Crippen molar-refractivity contribution in [2.45, 2.75) is 44.8 Å². The molecule has 0 spiro atoms. The van der Waals surface area contributed by atoms with Crippen LogP contribution < -0.4 is 4.74 Å². The van der Waals surface area contributed by atoms with E-state index in [4.69, 9.17) is 24.5 Å². The number of rotatable bonds is 6. The second kappa shape index (κ2) is 14.0. The topological polar surface area (TPSA) is 111 Å². The molecule has 2 aliphatic heterocycles. The van der Waals surface area contributed by atoms with Crippen molar-refractivity contribution in [3.63, 3.8) is 0 Å². The van der Waals surface area contributed by atoms with Crippen molar-refractivity contribution < 1.29 is 29.6 Å². The molecular weight excluding hydrogens is 400 g/mol. The van der Waals surface area contributed by atoms with Crippen LogP contribution in [0.1, 0.15) is 37.7 Å². The Morgan fingerprint density at radius 3 is 2.19 bits per heavy atom. The molecule has 0 aromatic heterocycles. The third kappa shape index (κ3) is 8.85. The molecule has 8 heteroatoms. The van der Waals surface area contributed by atoms with Crippen molar-refractivity contribution in [2.75, 3.05) is 39.3 Å². The monoisotopic (exact) mass is 436 g/mol. The Balaban J connectivity index is 0.000000513. The fourth-order valence-corrected chi connectivity index (χ4v) is 4.96. The minimum absolute atomic E-state index is 0.0474. The zero-order valence-electron chi connectivity index (χ0n) is 18.1. The maximum atomic E-state index is 9.79. The molecule has 1 unspecified atom stereocenters. The summed E-state index contributed by atoms with van der Waals surface area (Å²) in [6.07, 6.45) is 6.01. The molecule has 3 fully saturated rings. The highest BCUT2D eigenvalue weighted by Crippen LogP contribution is 2.38. The van der Waals surface area contributed by atoms with E-state index in [1.165, 1.54) is 37.9 Å². The van der Waals surface area contributed by atoms with Gasteiger partial charge in [0.05, 0.1) is 6.10 Å². The van der Waals surface area contributed by atoms with Gasteiger partial charge in [0.1, 0.15) is 12.4 Å². The van der Waals surface area contributed by atoms with Crippen LogP contribution in [0.4, 0.5) is 0 Å². The molecule has 2 heterocycles. The lowest BCUT2D eigenvalue weighted by molar-refractivity contribution is -0.123. The second-order valence-corrected chi connectivity index (χ2v) is 8.45. The molecule has 0 radical (unpaired) electrons. The molecule has 0 amide bonds. The minimum atomic E-state index is -0.250. The molecular formula is C23H36N2O6. The number of ether oxygens (including phenoxy) is 1. The number of piperidine rings is 1. The number of fused-ring (bicyclic) bond motifs is 1. The van der Waals surface area contributed by atoms with Gasteiger partial charge in [-0.05, 0) is 68.3 Å². The number of carbonyl (C=O) groups is 2. The summed E-state index contributed by atoms with van der Waals surface area (Å²) in [6, 6.07) is 8.61. The largest absolute Gasteiger partial charge is 0.492 e. The Morgan fingerprint density at radius 1 is 0.968 bits per heavy atom. The number of aliphatic hydroxyl groups excluding tert-OH is 1. The smallest absolute Gasteiger partial charge is 0.290 e. The lowest BCUT2D eigenvalue weighted by Crippen LogP contribution is -2.33. The molecule has 2 saturated heterocycles. The predicted octanol–water partition coefficient (Wildman–Crippen LogP) is 2.16. The molecule has 31 heavy (non-hydrogen) atoms. The summed E-state index contributed by atoms with van der Waals surface area (Å²) < 4.78 is 6.01. The molecule has 1 aliphatic carbocycles. The Kier molecular flexibility index (Phi) is 11.3. The van der Waals surface area contributed by atoms with Crippen molar-refractivity contribution in [1.82, 2.24) is 9.80 Å². The molecule has 0 bridgehead atoms. The third-order valence-corrected chi connectivity index (χ3v) is 6.23. The van der Waals surface area contributed by atoms with E-state index >= 15 is 0 Å². The van der Waals surface area contributed by atoms with E-state index in [0.717, 1.165) is 51.4 Å². The quantitative estimate of drug-likeness (QED) is 0.582. The number of aliphatic hydroxyl groups is 1. The summed E-state index contributed by atoms with van der Waals surface area (Å²) in [7, 11) is 0. The van der Waals surface area contributed by atoms with Gasteiger partial charge < -0.3 is 20.1 Å². The highest BCUT2D eigenvalue weighted by atomic mass is 16.5. The van der Waals surface area contributed by atoms with Crippen molar-refractivity contribution in [3.8, 4) is 5.75 Å². The van der Waals surface area contributed by atoms with E-state index in [9.17, 15) is 5.11 Å². The SMILES string of the molecule is O=CO.O=CO.OC1C[C@@H]2CN(Cc3cccc(OCCN4CCCCC4)c3)C[C@@H]2C1. The first-order chi connectivity index (χ1) is 15.1. The van der Waals surface area contributed by atoms with Crippen LogP contribution in [-0.4, -0.2) is 83.5 Å². The second-order valence-electron chi connectivity index (χ2n) is 8.45.